The van der Waals surface area contributed by atoms with Crippen LogP contribution in [0.4, 0.5) is 5.82 Å². The van der Waals surface area contributed by atoms with E-state index in [-0.39, 0.29) is 0 Å². The third-order valence-electron chi connectivity index (χ3n) is 4.12. The normalized spacial score (nSPS) is 21.0. The third kappa shape index (κ3) is 6.88. The number of hydrogen-bond donors (Lipinski definition) is 1. The molecule has 0 spiro atoms. The summed E-state index contributed by atoms with van der Waals surface area (Å²) in [6.07, 6.45) is 6.28. The summed E-state index contributed by atoms with van der Waals surface area (Å²) >= 11 is 0. The van der Waals surface area contributed by atoms with E-state index in [0.29, 0.717) is 17.7 Å². The van der Waals surface area contributed by atoms with Crippen LogP contribution in [-0.4, -0.2) is 37.7 Å². The van der Waals surface area contributed by atoms with Crippen molar-refractivity contribution in [3.05, 3.63) is 23.4 Å². The highest BCUT2D eigenvalue weighted by atomic mass is 16.5. The van der Waals surface area contributed by atoms with Crippen LogP contribution in [0, 0.1) is 5.92 Å². The van der Waals surface area contributed by atoms with Gasteiger partial charge < -0.3 is 15.4 Å². The maximum atomic E-state index is 5.86. The van der Waals surface area contributed by atoms with Crippen LogP contribution >= 0.6 is 0 Å². The molecule has 1 aromatic heterocycles. The Kier molecular flexibility index (Phi) is 9.19. The Morgan fingerprint density at radius 1 is 1.26 bits per heavy atom. The number of nitrogens with two attached hydrogens (primary N) is 1. The van der Waals surface area contributed by atoms with Crippen LogP contribution in [-0.2, 0) is 11.3 Å². The highest BCUT2D eigenvalue weighted by Gasteiger charge is 2.25. The molecule has 1 heterocycles. The number of aromatic nitrogens is 1. The molecule has 0 saturated heterocycles. The highest BCUT2D eigenvalue weighted by Crippen LogP contribution is 2.37. The van der Waals surface area contributed by atoms with E-state index in [1.165, 1.54) is 37.7 Å². The Balaban J connectivity index is 0.000000816. The predicted octanol–water partition coefficient (Wildman–Crippen LogP) is 4.06. The minimum atomic E-state index is 0.604. The Labute approximate surface area is 142 Å². The lowest BCUT2D eigenvalue weighted by atomic mass is 9.77. The van der Waals surface area contributed by atoms with Gasteiger partial charge in [-0.05, 0) is 56.8 Å². The molecule has 132 valence electrons. The molecule has 0 radical (unpaired) electrons. The van der Waals surface area contributed by atoms with Crippen LogP contribution in [0.1, 0.15) is 63.1 Å². The Morgan fingerprint density at radius 3 is 2.57 bits per heavy atom. The molecule has 2 atom stereocenters. The molecule has 4 heteroatoms. The van der Waals surface area contributed by atoms with E-state index < -0.39 is 0 Å². The van der Waals surface area contributed by atoms with Gasteiger partial charge in [-0.2, -0.15) is 0 Å². The van der Waals surface area contributed by atoms with Crippen molar-refractivity contribution in [1.82, 2.24) is 9.88 Å². The van der Waals surface area contributed by atoms with Gasteiger partial charge >= 0.3 is 0 Å². The largest absolute Gasteiger partial charge is 0.384 e. The van der Waals surface area contributed by atoms with Crippen LogP contribution in [0.5, 0.6) is 0 Å². The summed E-state index contributed by atoms with van der Waals surface area (Å²) in [6, 6.07) is 4.12. The van der Waals surface area contributed by atoms with Crippen molar-refractivity contribution in [3.8, 4) is 0 Å². The van der Waals surface area contributed by atoms with Crippen molar-refractivity contribution < 1.29 is 4.74 Å². The average Bonchev–Trinajstić information content (AvgIpc) is 2.48. The van der Waals surface area contributed by atoms with E-state index in [1.54, 1.807) is 7.11 Å². The van der Waals surface area contributed by atoms with E-state index in [2.05, 4.69) is 43.9 Å². The van der Waals surface area contributed by atoms with E-state index >= 15 is 0 Å². The van der Waals surface area contributed by atoms with Gasteiger partial charge in [0.1, 0.15) is 5.82 Å². The van der Waals surface area contributed by atoms with Gasteiger partial charge in [0.25, 0.3) is 0 Å². The van der Waals surface area contributed by atoms with Gasteiger partial charge in [0.05, 0.1) is 5.69 Å². The molecule has 2 rings (SSSR count). The number of nitrogen functional groups attached to an aromatic ring is 1. The second-order valence-corrected chi connectivity index (χ2v) is 6.90. The number of pyridine rings is 1. The Hall–Kier alpha value is -1.13. The van der Waals surface area contributed by atoms with E-state index in [9.17, 15) is 0 Å². The number of nitrogens with zero attached hydrogens (tertiary/aromatic N) is 2. The second kappa shape index (κ2) is 10.6. The van der Waals surface area contributed by atoms with Gasteiger partial charge in [-0.15, -0.1) is 0 Å². The van der Waals surface area contributed by atoms with Crippen LogP contribution in [0.2, 0.25) is 0 Å². The van der Waals surface area contributed by atoms with Crippen LogP contribution < -0.4 is 5.73 Å². The predicted molar refractivity (Wildman–Crippen MR) is 98.6 cm³/mol. The molecule has 0 aromatic carbocycles. The van der Waals surface area contributed by atoms with Crippen LogP contribution in [0.15, 0.2) is 12.1 Å². The summed E-state index contributed by atoms with van der Waals surface area (Å²) in [5.41, 5.74) is 8.38. The molecule has 2 N–H and O–H groups in total. The highest BCUT2D eigenvalue weighted by molar-refractivity contribution is 5.36. The lowest BCUT2D eigenvalue weighted by Crippen LogP contribution is -2.21. The second-order valence-electron chi connectivity index (χ2n) is 6.90. The zero-order valence-electron chi connectivity index (χ0n) is 15.6. The maximum Gasteiger partial charge on any atom is 0.123 e. The zero-order valence-corrected chi connectivity index (χ0v) is 15.6. The summed E-state index contributed by atoms with van der Waals surface area (Å²) in [5.74, 6) is 1.91. The molecule has 2 unspecified atom stereocenters. The molecule has 0 amide bonds. The minimum Gasteiger partial charge on any atom is -0.384 e. The van der Waals surface area contributed by atoms with E-state index in [4.69, 9.17) is 10.5 Å². The Morgan fingerprint density at radius 2 is 1.96 bits per heavy atom. The topological polar surface area (TPSA) is 51.4 Å². The van der Waals surface area contributed by atoms with Crippen molar-refractivity contribution in [2.75, 3.05) is 33.5 Å². The van der Waals surface area contributed by atoms with Gasteiger partial charge in [0.15, 0.2) is 0 Å². The molecule has 1 fully saturated rings. The van der Waals surface area contributed by atoms with Crippen molar-refractivity contribution in [1.29, 1.82) is 0 Å². The summed E-state index contributed by atoms with van der Waals surface area (Å²) in [7, 11) is 5.94. The molecule has 23 heavy (non-hydrogen) atoms. The molecular weight excluding hydrogens is 286 g/mol. The molecule has 4 nitrogen and oxygen atoms in total. The number of hydrogen-bond acceptors (Lipinski definition) is 4. The fourth-order valence-corrected chi connectivity index (χ4v) is 3.29. The van der Waals surface area contributed by atoms with Crippen LogP contribution in [0.3, 0.4) is 0 Å². The Bertz CT molecular complexity index is 446. The van der Waals surface area contributed by atoms with Gasteiger partial charge in [0, 0.05) is 20.3 Å². The molecular formula is C19H35N3O. The molecule has 1 aliphatic carbocycles. The summed E-state index contributed by atoms with van der Waals surface area (Å²) in [4.78, 5) is 6.72. The number of anilines is 1. The average molecular weight is 322 g/mol. The first kappa shape index (κ1) is 19.9. The number of rotatable bonds is 5. The smallest absolute Gasteiger partial charge is 0.123 e. The zero-order chi connectivity index (χ0) is 17.2. The van der Waals surface area contributed by atoms with Crippen molar-refractivity contribution in [2.45, 2.75) is 58.4 Å². The minimum absolute atomic E-state index is 0.604. The van der Waals surface area contributed by atoms with Crippen molar-refractivity contribution in [2.24, 2.45) is 5.92 Å². The van der Waals surface area contributed by atoms with Crippen LogP contribution in [0.25, 0.3) is 0 Å². The first-order valence-electron chi connectivity index (χ1n) is 8.90. The van der Waals surface area contributed by atoms with Gasteiger partial charge in [0.2, 0.25) is 0 Å². The van der Waals surface area contributed by atoms with Crippen molar-refractivity contribution >= 4 is 5.82 Å². The summed E-state index contributed by atoms with van der Waals surface area (Å²) < 4.78 is 5.34. The molecule has 1 saturated carbocycles. The van der Waals surface area contributed by atoms with E-state index in [0.717, 1.165) is 18.8 Å². The summed E-state index contributed by atoms with van der Waals surface area (Å²) in [6.45, 7) is 5.98. The lowest BCUT2D eigenvalue weighted by molar-refractivity contribution is 0.125. The quantitative estimate of drug-likeness (QED) is 0.888. The SMILES string of the molecule is CCC.COCC1CCCC(c2ccc(N)nc2CN(C)C)C1. The lowest BCUT2D eigenvalue weighted by Gasteiger charge is -2.30. The maximum absolute atomic E-state index is 5.86. The first-order chi connectivity index (χ1) is 11.0. The first-order valence-corrected chi connectivity index (χ1v) is 8.90. The number of methoxy groups -OCH3 is 1. The van der Waals surface area contributed by atoms with Gasteiger partial charge in [-0.1, -0.05) is 32.8 Å². The summed E-state index contributed by atoms with van der Waals surface area (Å²) in [5, 5.41) is 0. The van der Waals surface area contributed by atoms with Gasteiger partial charge in [-0.25, -0.2) is 4.98 Å². The molecule has 1 aromatic rings. The third-order valence-corrected chi connectivity index (χ3v) is 4.12. The molecule has 1 aliphatic rings. The van der Waals surface area contributed by atoms with Crippen molar-refractivity contribution in [3.63, 3.8) is 0 Å². The monoisotopic (exact) mass is 321 g/mol. The van der Waals surface area contributed by atoms with Gasteiger partial charge in [-0.3, -0.25) is 0 Å². The molecule has 0 aliphatic heterocycles. The number of ether oxygens (including phenoxy) is 1. The molecule has 0 bridgehead atoms. The standard InChI is InChI=1S/C16H27N3O.C3H8/c1-19(2)10-15-14(7-8-16(17)18-15)13-6-4-5-12(9-13)11-20-3;1-3-2/h7-8,12-13H,4-6,9-11H2,1-3H3,(H2,17,18);3H2,1-2H3. The fraction of sp³-hybridized carbons (Fsp3) is 0.737. The van der Waals surface area contributed by atoms with E-state index in [1.807, 2.05) is 6.07 Å². The fourth-order valence-electron chi connectivity index (χ4n) is 3.29.